The molecule has 1 aliphatic rings. The van der Waals surface area contributed by atoms with Gasteiger partial charge in [0.05, 0.1) is 11.6 Å². The molecular formula is C32H30FN3O3S2. The molecule has 0 radical (unpaired) electrons. The highest BCUT2D eigenvalue weighted by atomic mass is 32.2. The molecule has 0 bridgehead atoms. The van der Waals surface area contributed by atoms with Gasteiger partial charge in [-0.25, -0.2) is 4.39 Å². The number of amides is 1. The number of aliphatic hydroxyl groups excluding tert-OH is 1. The van der Waals surface area contributed by atoms with E-state index in [1.54, 1.807) is 24.3 Å². The molecule has 6 nitrogen and oxygen atoms in total. The number of nitrogens with zero attached hydrogens (tertiary/aromatic N) is 3. The van der Waals surface area contributed by atoms with Crippen molar-refractivity contribution in [3.05, 3.63) is 112 Å². The standard InChI is InChI=1S/C32H30FN3O3S2/c1-18-10-11-19(2)23(16-18)27(37)25-26(20-12-14-22(15-13-20)32(3,4)5)36(29(39)28(25)38)30-34-35-31(41-30)40-17-21-8-6-7-9-24(21)33/h6-16,26,37H,17H2,1-5H3. The molecule has 1 amide bonds. The summed E-state index contributed by atoms with van der Waals surface area (Å²) in [6.45, 7) is 10.1. The lowest BCUT2D eigenvalue weighted by Crippen LogP contribution is -2.29. The Morgan fingerprint density at radius 1 is 1.02 bits per heavy atom. The molecule has 2 heterocycles. The zero-order chi connectivity index (χ0) is 29.5. The highest BCUT2D eigenvalue weighted by Gasteiger charge is 2.48. The summed E-state index contributed by atoms with van der Waals surface area (Å²) < 4.78 is 14.7. The van der Waals surface area contributed by atoms with Gasteiger partial charge in [0.25, 0.3) is 5.78 Å². The number of carbonyl (C=O) groups is 2. The lowest BCUT2D eigenvalue weighted by molar-refractivity contribution is -0.132. The quantitative estimate of drug-likeness (QED) is 0.0827. The predicted molar refractivity (Wildman–Crippen MR) is 162 cm³/mol. The van der Waals surface area contributed by atoms with Gasteiger partial charge in [0.15, 0.2) is 4.34 Å². The van der Waals surface area contributed by atoms with Crippen LogP contribution in [0, 0.1) is 19.7 Å². The molecule has 3 aromatic carbocycles. The molecular weight excluding hydrogens is 558 g/mol. The summed E-state index contributed by atoms with van der Waals surface area (Å²) in [6, 6.07) is 18.9. The van der Waals surface area contributed by atoms with Crippen molar-refractivity contribution in [2.24, 2.45) is 0 Å². The summed E-state index contributed by atoms with van der Waals surface area (Å²) in [4.78, 5) is 28.4. The molecule has 1 unspecified atom stereocenters. The molecule has 1 fully saturated rings. The van der Waals surface area contributed by atoms with Crippen molar-refractivity contribution in [1.82, 2.24) is 10.2 Å². The maximum Gasteiger partial charge on any atom is 0.301 e. The Labute approximate surface area is 247 Å². The van der Waals surface area contributed by atoms with E-state index in [0.717, 1.165) is 28.0 Å². The number of anilines is 1. The van der Waals surface area contributed by atoms with Crippen molar-refractivity contribution in [2.75, 3.05) is 4.90 Å². The molecule has 0 saturated carbocycles. The van der Waals surface area contributed by atoms with Crippen LogP contribution in [0.25, 0.3) is 5.76 Å². The first-order valence-electron chi connectivity index (χ1n) is 13.1. The maximum absolute atomic E-state index is 14.1. The fraction of sp³-hybridized carbons (Fsp3) is 0.250. The summed E-state index contributed by atoms with van der Waals surface area (Å²) in [6.07, 6.45) is 0. The van der Waals surface area contributed by atoms with E-state index < -0.39 is 17.7 Å². The third-order valence-electron chi connectivity index (χ3n) is 7.10. The van der Waals surface area contributed by atoms with Gasteiger partial charge in [-0.3, -0.25) is 14.5 Å². The van der Waals surface area contributed by atoms with Crippen LogP contribution in [0.15, 0.2) is 76.6 Å². The van der Waals surface area contributed by atoms with Crippen LogP contribution in [0.5, 0.6) is 0 Å². The number of aromatic nitrogens is 2. The number of aryl methyl sites for hydroxylation is 2. The lowest BCUT2D eigenvalue weighted by atomic mass is 9.85. The van der Waals surface area contributed by atoms with Gasteiger partial charge < -0.3 is 5.11 Å². The van der Waals surface area contributed by atoms with E-state index in [1.165, 1.54) is 22.7 Å². The zero-order valence-electron chi connectivity index (χ0n) is 23.4. The number of halogens is 1. The van der Waals surface area contributed by atoms with E-state index >= 15 is 0 Å². The highest BCUT2D eigenvalue weighted by molar-refractivity contribution is 8.00. The smallest absolute Gasteiger partial charge is 0.301 e. The molecule has 210 valence electrons. The number of rotatable bonds is 6. The Morgan fingerprint density at radius 3 is 2.41 bits per heavy atom. The van der Waals surface area contributed by atoms with Crippen molar-refractivity contribution in [3.63, 3.8) is 0 Å². The topological polar surface area (TPSA) is 83.4 Å². The minimum Gasteiger partial charge on any atom is -0.507 e. The van der Waals surface area contributed by atoms with Crippen LogP contribution in [0.3, 0.4) is 0 Å². The van der Waals surface area contributed by atoms with Crippen LogP contribution >= 0.6 is 23.1 Å². The van der Waals surface area contributed by atoms with Crippen LogP contribution in [0.2, 0.25) is 0 Å². The number of thioether (sulfide) groups is 1. The number of ketones is 1. The van der Waals surface area contributed by atoms with Gasteiger partial charge in [0, 0.05) is 11.3 Å². The molecule has 1 atom stereocenters. The molecule has 5 rings (SSSR count). The molecule has 1 aromatic heterocycles. The van der Waals surface area contributed by atoms with Gasteiger partial charge in [-0.2, -0.15) is 0 Å². The van der Waals surface area contributed by atoms with Gasteiger partial charge in [0.2, 0.25) is 5.13 Å². The monoisotopic (exact) mass is 587 g/mol. The van der Waals surface area contributed by atoms with E-state index in [-0.39, 0.29) is 27.7 Å². The largest absolute Gasteiger partial charge is 0.507 e. The average Bonchev–Trinajstić information content (AvgIpc) is 3.50. The summed E-state index contributed by atoms with van der Waals surface area (Å²) in [5, 5.41) is 20.2. The van der Waals surface area contributed by atoms with Gasteiger partial charge in [-0.1, -0.05) is 104 Å². The molecule has 1 aliphatic heterocycles. The van der Waals surface area contributed by atoms with Crippen LogP contribution in [-0.4, -0.2) is 27.0 Å². The lowest BCUT2D eigenvalue weighted by Gasteiger charge is -2.24. The second kappa shape index (κ2) is 11.2. The van der Waals surface area contributed by atoms with Crippen molar-refractivity contribution in [1.29, 1.82) is 0 Å². The number of aliphatic hydroxyl groups is 1. The second-order valence-electron chi connectivity index (χ2n) is 11.1. The third kappa shape index (κ3) is 5.69. The van der Waals surface area contributed by atoms with Crippen LogP contribution in [0.1, 0.15) is 60.2 Å². The molecule has 4 aromatic rings. The summed E-state index contributed by atoms with van der Waals surface area (Å²) >= 11 is 2.45. The van der Waals surface area contributed by atoms with Gasteiger partial charge >= 0.3 is 5.91 Å². The first-order valence-corrected chi connectivity index (χ1v) is 14.9. The molecule has 0 spiro atoms. The highest BCUT2D eigenvalue weighted by Crippen LogP contribution is 2.44. The number of hydrogen-bond acceptors (Lipinski definition) is 7. The molecule has 1 saturated heterocycles. The fourth-order valence-corrected chi connectivity index (χ4v) is 6.61. The van der Waals surface area contributed by atoms with Crippen molar-refractivity contribution < 1.29 is 19.1 Å². The van der Waals surface area contributed by atoms with Gasteiger partial charge in [-0.05, 0) is 53.6 Å². The van der Waals surface area contributed by atoms with Crippen LogP contribution < -0.4 is 4.90 Å². The Bertz CT molecular complexity index is 1670. The van der Waals surface area contributed by atoms with E-state index in [9.17, 15) is 19.1 Å². The van der Waals surface area contributed by atoms with Crippen LogP contribution in [-0.2, 0) is 20.8 Å². The zero-order valence-corrected chi connectivity index (χ0v) is 25.1. The molecule has 9 heteroatoms. The number of hydrogen-bond donors (Lipinski definition) is 1. The average molecular weight is 588 g/mol. The van der Waals surface area contributed by atoms with E-state index in [1.807, 2.05) is 50.2 Å². The first-order chi connectivity index (χ1) is 19.5. The Kier molecular flexibility index (Phi) is 7.85. The van der Waals surface area contributed by atoms with E-state index in [4.69, 9.17) is 0 Å². The Hall–Kier alpha value is -3.82. The molecule has 1 N–H and O–H groups in total. The number of benzene rings is 3. The Morgan fingerprint density at radius 2 is 1.73 bits per heavy atom. The summed E-state index contributed by atoms with van der Waals surface area (Å²) in [7, 11) is 0. The van der Waals surface area contributed by atoms with Crippen molar-refractivity contribution in [3.8, 4) is 0 Å². The number of Topliss-reactive ketones (excluding diaryl/α,β-unsaturated/α-hetero) is 1. The maximum atomic E-state index is 14.1. The SMILES string of the molecule is Cc1ccc(C)c(C(O)=C2C(=O)C(=O)N(c3nnc(SCc4ccccc4F)s3)C2c2ccc(C(C)(C)C)cc2)c1. The van der Waals surface area contributed by atoms with E-state index in [0.29, 0.717) is 26.8 Å². The summed E-state index contributed by atoms with van der Waals surface area (Å²) in [5.74, 6) is -1.77. The predicted octanol–water partition coefficient (Wildman–Crippen LogP) is 7.51. The first kappa shape index (κ1) is 28.7. The third-order valence-corrected chi connectivity index (χ3v) is 9.20. The van der Waals surface area contributed by atoms with Crippen molar-refractivity contribution in [2.45, 2.75) is 56.2 Å². The minimum absolute atomic E-state index is 0.00275. The number of carbonyl (C=O) groups excluding carboxylic acids is 2. The second-order valence-corrected chi connectivity index (χ2v) is 13.3. The normalized spacial score (nSPS) is 16.9. The minimum atomic E-state index is -0.902. The summed E-state index contributed by atoms with van der Waals surface area (Å²) in [5.41, 5.74) is 4.39. The molecule has 0 aliphatic carbocycles. The van der Waals surface area contributed by atoms with Crippen molar-refractivity contribution >= 4 is 45.7 Å². The van der Waals surface area contributed by atoms with E-state index in [2.05, 4.69) is 31.0 Å². The van der Waals surface area contributed by atoms with Crippen LogP contribution in [0.4, 0.5) is 9.52 Å². The van der Waals surface area contributed by atoms with Gasteiger partial charge in [0.1, 0.15) is 11.6 Å². The Balaban J connectivity index is 1.59. The van der Waals surface area contributed by atoms with Gasteiger partial charge in [-0.15, -0.1) is 10.2 Å². The fourth-order valence-electron chi connectivity index (χ4n) is 4.76. The molecule has 41 heavy (non-hydrogen) atoms.